The zero-order valence-electron chi connectivity index (χ0n) is 6.65. The Hall–Kier alpha value is -0.0400. The van der Waals surface area contributed by atoms with Gasteiger partial charge in [-0.3, -0.25) is 0 Å². The highest BCUT2D eigenvalue weighted by atomic mass is 14.7. The molecule has 1 unspecified atom stereocenters. The summed E-state index contributed by atoms with van der Waals surface area (Å²) in [6, 6.07) is 0.437. The third-order valence-corrected chi connectivity index (χ3v) is 3.14. The van der Waals surface area contributed by atoms with Crippen molar-refractivity contribution in [2.45, 2.75) is 39.7 Å². The van der Waals surface area contributed by atoms with Crippen molar-refractivity contribution in [2.75, 3.05) is 0 Å². The summed E-state index contributed by atoms with van der Waals surface area (Å²) in [5.41, 5.74) is 6.29. The minimum absolute atomic E-state index is 0.389. The first-order valence-electron chi connectivity index (χ1n) is 3.80. The fourth-order valence-electron chi connectivity index (χ4n) is 1.54. The van der Waals surface area contributed by atoms with E-state index in [0.29, 0.717) is 11.5 Å². The van der Waals surface area contributed by atoms with Crippen LogP contribution in [0.2, 0.25) is 0 Å². The minimum atomic E-state index is 0.389. The van der Waals surface area contributed by atoms with Gasteiger partial charge in [0.1, 0.15) is 0 Å². The van der Waals surface area contributed by atoms with Crippen molar-refractivity contribution in [1.29, 1.82) is 0 Å². The zero-order valence-corrected chi connectivity index (χ0v) is 6.65. The first-order chi connectivity index (χ1) is 4.05. The van der Waals surface area contributed by atoms with Crippen molar-refractivity contribution in [2.24, 2.45) is 17.1 Å². The van der Waals surface area contributed by atoms with E-state index in [1.165, 1.54) is 12.8 Å². The van der Waals surface area contributed by atoms with Gasteiger partial charge < -0.3 is 5.73 Å². The van der Waals surface area contributed by atoms with Crippen molar-refractivity contribution in [3.63, 3.8) is 0 Å². The van der Waals surface area contributed by atoms with E-state index >= 15 is 0 Å². The predicted octanol–water partition coefficient (Wildman–Crippen LogP) is 1.77. The van der Waals surface area contributed by atoms with Gasteiger partial charge in [-0.1, -0.05) is 20.8 Å². The highest BCUT2D eigenvalue weighted by Crippen LogP contribution is 2.40. The average molecular weight is 127 g/mol. The molecule has 0 heterocycles. The predicted molar refractivity (Wildman–Crippen MR) is 40.2 cm³/mol. The second kappa shape index (κ2) is 1.98. The van der Waals surface area contributed by atoms with E-state index in [-0.39, 0.29) is 0 Å². The van der Waals surface area contributed by atoms with E-state index < -0.39 is 0 Å². The van der Waals surface area contributed by atoms with Crippen LogP contribution in [-0.2, 0) is 0 Å². The molecule has 2 atom stereocenters. The molecule has 0 aromatic carbocycles. The molecule has 0 aliphatic heterocycles. The quantitative estimate of drug-likeness (QED) is 0.527. The van der Waals surface area contributed by atoms with Crippen molar-refractivity contribution in [1.82, 2.24) is 0 Å². The Morgan fingerprint density at radius 2 is 1.89 bits per heavy atom. The van der Waals surface area contributed by atoms with E-state index in [1.807, 2.05) is 0 Å². The second-order valence-electron chi connectivity index (χ2n) is 3.91. The summed E-state index contributed by atoms with van der Waals surface area (Å²) in [5, 5.41) is 0. The summed E-state index contributed by atoms with van der Waals surface area (Å²) in [6.07, 6.45) is 2.53. The third-order valence-electron chi connectivity index (χ3n) is 3.14. The van der Waals surface area contributed by atoms with E-state index in [9.17, 15) is 0 Å². The second-order valence-corrected chi connectivity index (χ2v) is 3.91. The maximum Gasteiger partial charge on any atom is 0.00929 e. The summed E-state index contributed by atoms with van der Waals surface area (Å²) in [6.45, 7) is 6.84. The normalized spacial score (nSPS) is 41.3. The molecule has 1 rings (SSSR count). The molecule has 0 aromatic rings. The van der Waals surface area contributed by atoms with Crippen LogP contribution in [0.3, 0.4) is 0 Å². The molecule has 0 aromatic heterocycles. The van der Waals surface area contributed by atoms with Crippen LogP contribution < -0.4 is 5.73 Å². The van der Waals surface area contributed by atoms with Crippen LogP contribution in [-0.4, -0.2) is 6.04 Å². The number of hydrogen-bond acceptors (Lipinski definition) is 1. The average Bonchev–Trinajstić information content (AvgIpc) is 1.96. The van der Waals surface area contributed by atoms with Gasteiger partial charge in [-0.15, -0.1) is 0 Å². The number of nitrogens with two attached hydrogens (primary N) is 1. The Bertz CT molecular complexity index is 95.1. The molecule has 1 aliphatic rings. The largest absolute Gasteiger partial charge is 0.327 e. The molecule has 1 saturated carbocycles. The molecule has 1 aliphatic carbocycles. The molecule has 2 N–H and O–H groups in total. The molecule has 0 radical (unpaired) electrons. The van der Waals surface area contributed by atoms with Crippen LogP contribution in [0.5, 0.6) is 0 Å². The van der Waals surface area contributed by atoms with E-state index in [0.717, 1.165) is 5.92 Å². The first-order valence-corrected chi connectivity index (χ1v) is 3.80. The minimum Gasteiger partial charge on any atom is -0.327 e. The SMILES string of the molecule is CC1CC[C@@H](N)C1(C)C. The van der Waals surface area contributed by atoms with Crippen molar-refractivity contribution in [3.8, 4) is 0 Å². The van der Waals surface area contributed by atoms with Crippen molar-refractivity contribution >= 4 is 0 Å². The lowest BCUT2D eigenvalue weighted by Crippen LogP contribution is -2.34. The molecule has 0 amide bonds. The lowest BCUT2D eigenvalue weighted by atomic mass is 9.81. The standard InChI is InChI=1S/C8H17N/c1-6-4-5-7(9)8(6,2)3/h6-7H,4-5,9H2,1-3H3/t6?,7-/m1/s1. The molecule has 1 nitrogen and oxygen atoms in total. The molecule has 1 heteroatoms. The van der Waals surface area contributed by atoms with Crippen LogP contribution in [0.25, 0.3) is 0 Å². The maximum atomic E-state index is 5.90. The zero-order chi connectivity index (χ0) is 7.07. The van der Waals surface area contributed by atoms with Crippen LogP contribution in [0.1, 0.15) is 33.6 Å². The molecule has 0 spiro atoms. The van der Waals surface area contributed by atoms with Crippen molar-refractivity contribution < 1.29 is 0 Å². The molecule has 9 heavy (non-hydrogen) atoms. The Labute approximate surface area is 57.6 Å². The van der Waals surface area contributed by atoms with E-state index in [4.69, 9.17) is 5.73 Å². The van der Waals surface area contributed by atoms with Gasteiger partial charge in [0.05, 0.1) is 0 Å². The van der Waals surface area contributed by atoms with Gasteiger partial charge in [0.25, 0.3) is 0 Å². The summed E-state index contributed by atoms with van der Waals surface area (Å²) >= 11 is 0. The monoisotopic (exact) mass is 127 g/mol. The molecular weight excluding hydrogens is 110 g/mol. The van der Waals surface area contributed by atoms with Gasteiger partial charge in [0, 0.05) is 6.04 Å². The lowest BCUT2D eigenvalue weighted by molar-refractivity contribution is 0.250. The van der Waals surface area contributed by atoms with E-state index in [2.05, 4.69) is 20.8 Å². The summed E-state index contributed by atoms with van der Waals surface area (Å²) in [7, 11) is 0. The molecule has 0 saturated heterocycles. The lowest BCUT2D eigenvalue weighted by Gasteiger charge is -2.28. The van der Waals surface area contributed by atoms with Crippen LogP contribution in [0.4, 0.5) is 0 Å². The van der Waals surface area contributed by atoms with Crippen LogP contribution in [0.15, 0.2) is 0 Å². The fourth-order valence-corrected chi connectivity index (χ4v) is 1.54. The summed E-state index contributed by atoms with van der Waals surface area (Å²) in [4.78, 5) is 0. The van der Waals surface area contributed by atoms with E-state index in [1.54, 1.807) is 0 Å². The van der Waals surface area contributed by atoms with Crippen LogP contribution in [0, 0.1) is 11.3 Å². The van der Waals surface area contributed by atoms with Gasteiger partial charge in [-0.05, 0) is 24.2 Å². The van der Waals surface area contributed by atoms with Crippen molar-refractivity contribution in [3.05, 3.63) is 0 Å². The molecule has 1 fully saturated rings. The fraction of sp³-hybridized carbons (Fsp3) is 1.00. The molecule has 54 valence electrons. The highest BCUT2D eigenvalue weighted by Gasteiger charge is 2.37. The smallest absolute Gasteiger partial charge is 0.00929 e. The summed E-state index contributed by atoms with van der Waals surface area (Å²) < 4.78 is 0. The van der Waals surface area contributed by atoms with Crippen LogP contribution >= 0.6 is 0 Å². The first kappa shape index (κ1) is 7.07. The summed E-state index contributed by atoms with van der Waals surface area (Å²) in [5.74, 6) is 0.812. The molecule has 0 bridgehead atoms. The number of hydrogen-bond donors (Lipinski definition) is 1. The van der Waals surface area contributed by atoms with Gasteiger partial charge in [0.15, 0.2) is 0 Å². The Kier molecular flexibility index (Phi) is 1.55. The third kappa shape index (κ3) is 0.983. The molecular formula is C8H17N. The maximum absolute atomic E-state index is 5.90. The van der Waals surface area contributed by atoms with Gasteiger partial charge in [0.2, 0.25) is 0 Å². The Morgan fingerprint density at radius 3 is 2.00 bits per heavy atom. The highest BCUT2D eigenvalue weighted by molar-refractivity contribution is 4.92. The topological polar surface area (TPSA) is 26.0 Å². The van der Waals surface area contributed by atoms with Gasteiger partial charge >= 0.3 is 0 Å². The Morgan fingerprint density at radius 1 is 1.33 bits per heavy atom. The number of rotatable bonds is 0. The van der Waals surface area contributed by atoms with Gasteiger partial charge in [-0.2, -0.15) is 0 Å². The van der Waals surface area contributed by atoms with Gasteiger partial charge in [-0.25, -0.2) is 0 Å². The Balaban J connectivity index is 2.66.